The van der Waals surface area contributed by atoms with Crippen molar-refractivity contribution in [2.45, 2.75) is 19.3 Å². The molecular formula is C23H23N3O2. The molecule has 28 heavy (non-hydrogen) atoms. The molecule has 0 radical (unpaired) electrons. The largest absolute Gasteiger partial charge is 0.325 e. The quantitative estimate of drug-likeness (QED) is 0.572. The van der Waals surface area contributed by atoms with Crippen LogP contribution in [0.1, 0.15) is 19.4 Å². The molecule has 0 aliphatic carbocycles. The summed E-state index contributed by atoms with van der Waals surface area (Å²) in [4.78, 5) is 24.8. The van der Waals surface area contributed by atoms with E-state index in [1.165, 1.54) is 0 Å². The molecule has 5 nitrogen and oxygen atoms in total. The van der Waals surface area contributed by atoms with E-state index in [0.717, 1.165) is 5.56 Å². The standard InChI is InChI=1S/C23H23N3O2/c1-23(2,17-9-5-3-6-10-17)21(27)24-19-13-15-20(16-14-19)26-22(28)25-18-11-7-4-8-12-18/h3-16H,1-2H3,(H,24,27)(H2,25,26,28). The third kappa shape index (κ3) is 4.76. The Balaban J connectivity index is 1.60. The van der Waals surface area contributed by atoms with Crippen LogP contribution < -0.4 is 16.0 Å². The van der Waals surface area contributed by atoms with Crippen LogP contribution in [0.15, 0.2) is 84.9 Å². The molecular weight excluding hydrogens is 350 g/mol. The van der Waals surface area contributed by atoms with Crippen LogP contribution in [-0.2, 0) is 10.2 Å². The number of benzene rings is 3. The van der Waals surface area contributed by atoms with Crippen LogP contribution in [0, 0.1) is 0 Å². The molecule has 142 valence electrons. The molecule has 0 fully saturated rings. The van der Waals surface area contributed by atoms with Crippen molar-refractivity contribution in [3.63, 3.8) is 0 Å². The zero-order valence-corrected chi connectivity index (χ0v) is 15.9. The minimum absolute atomic E-state index is 0.0961. The Labute approximate surface area is 164 Å². The third-order valence-electron chi connectivity index (χ3n) is 4.50. The Morgan fingerprint density at radius 3 is 1.57 bits per heavy atom. The molecule has 0 unspecified atom stereocenters. The monoisotopic (exact) mass is 373 g/mol. The molecule has 0 spiro atoms. The Morgan fingerprint density at radius 2 is 1.04 bits per heavy atom. The lowest BCUT2D eigenvalue weighted by Crippen LogP contribution is -2.34. The normalized spacial score (nSPS) is 10.8. The molecule has 3 aromatic rings. The van der Waals surface area contributed by atoms with Crippen LogP contribution in [0.25, 0.3) is 0 Å². The van der Waals surface area contributed by atoms with Gasteiger partial charge < -0.3 is 16.0 Å². The first-order valence-electron chi connectivity index (χ1n) is 9.05. The highest BCUT2D eigenvalue weighted by Crippen LogP contribution is 2.25. The number of urea groups is 1. The second kappa shape index (κ2) is 8.39. The Morgan fingerprint density at radius 1 is 0.607 bits per heavy atom. The zero-order valence-electron chi connectivity index (χ0n) is 15.9. The first kappa shape index (κ1) is 19.2. The zero-order chi connectivity index (χ0) is 20.0. The topological polar surface area (TPSA) is 70.2 Å². The fourth-order valence-corrected chi connectivity index (χ4v) is 2.73. The molecule has 0 aromatic heterocycles. The highest BCUT2D eigenvalue weighted by molar-refractivity contribution is 6.01. The average molecular weight is 373 g/mol. The molecule has 3 rings (SSSR count). The highest BCUT2D eigenvalue weighted by atomic mass is 16.2. The van der Waals surface area contributed by atoms with E-state index < -0.39 is 5.41 Å². The predicted molar refractivity (Wildman–Crippen MR) is 114 cm³/mol. The van der Waals surface area contributed by atoms with Crippen molar-refractivity contribution in [1.29, 1.82) is 0 Å². The summed E-state index contributed by atoms with van der Waals surface area (Å²) in [6.07, 6.45) is 0. The summed E-state index contributed by atoms with van der Waals surface area (Å²) in [5.74, 6) is -0.0961. The number of para-hydroxylation sites is 1. The van der Waals surface area contributed by atoms with Gasteiger partial charge in [0.05, 0.1) is 5.41 Å². The molecule has 0 saturated heterocycles. The van der Waals surface area contributed by atoms with E-state index in [1.807, 2.05) is 74.5 Å². The lowest BCUT2D eigenvalue weighted by Gasteiger charge is -2.24. The van der Waals surface area contributed by atoms with Crippen molar-refractivity contribution >= 4 is 29.0 Å². The third-order valence-corrected chi connectivity index (χ3v) is 4.50. The summed E-state index contributed by atoms with van der Waals surface area (Å²) < 4.78 is 0. The average Bonchev–Trinajstić information content (AvgIpc) is 2.71. The Kier molecular flexibility index (Phi) is 5.75. The van der Waals surface area contributed by atoms with Crippen LogP contribution in [0.3, 0.4) is 0 Å². The number of nitrogens with one attached hydrogen (secondary N) is 3. The van der Waals surface area contributed by atoms with Crippen LogP contribution in [0.5, 0.6) is 0 Å². The Hall–Kier alpha value is -3.60. The molecule has 0 bridgehead atoms. The van der Waals surface area contributed by atoms with Gasteiger partial charge in [0.15, 0.2) is 0 Å². The number of amides is 3. The molecule has 3 aromatic carbocycles. The summed E-state index contributed by atoms with van der Waals surface area (Å²) in [5.41, 5.74) is 2.31. The van der Waals surface area contributed by atoms with Gasteiger partial charge in [-0.1, -0.05) is 48.5 Å². The van der Waals surface area contributed by atoms with Gasteiger partial charge in [-0.25, -0.2) is 4.79 Å². The van der Waals surface area contributed by atoms with Crippen molar-refractivity contribution < 1.29 is 9.59 Å². The molecule has 3 N–H and O–H groups in total. The van der Waals surface area contributed by atoms with Crippen LogP contribution in [0.2, 0.25) is 0 Å². The van der Waals surface area contributed by atoms with Crippen LogP contribution >= 0.6 is 0 Å². The summed E-state index contributed by atoms with van der Waals surface area (Å²) >= 11 is 0. The van der Waals surface area contributed by atoms with E-state index in [-0.39, 0.29) is 11.9 Å². The van der Waals surface area contributed by atoms with E-state index in [0.29, 0.717) is 17.1 Å². The number of rotatable bonds is 5. The number of anilines is 3. The number of hydrogen-bond donors (Lipinski definition) is 3. The number of carbonyl (C=O) groups excluding carboxylic acids is 2. The summed E-state index contributed by atoms with van der Waals surface area (Å²) in [7, 11) is 0. The molecule has 3 amide bonds. The van der Waals surface area contributed by atoms with Gasteiger partial charge in [-0.2, -0.15) is 0 Å². The maximum Gasteiger partial charge on any atom is 0.323 e. The van der Waals surface area contributed by atoms with Gasteiger partial charge in [0, 0.05) is 17.1 Å². The highest BCUT2D eigenvalue weighted by Gasteiger charge is 2.29. The molecule has 0 saturated carbocycles. The van der Waals surface area contributed by atoms with Crippen molar-refractivity contribution in [3.05, 3.63) is 90.5 Å². The van der Waals surface area contributed by atoms with Gasteiger partial charge in [-0.05, 0) is 55.8 Å². The van der Waals surface area contributed by atoms with E-state index in [1.54, 1.807) is 24.3 Å². The van der Waals surface area contributed by atoms with Crippen molar-refractivity contribution in [2.24, 2.45) is 0 Å². The summed E-state index contributed by atoms with van der Waals surface area (Å²) in [6.45, 7) is 3.78. The van der Waals surface area contributed by atoms with Gasteiger partial charge in [0.1, 0.15) is 0 Å². The van der Waals surface area contributed by atoms with Gasteiger partial charge in [0.25, 0.3) is 0 Å². The molecule has 5 heteroatoms. The minimum atomic E-state index is -0.659. The second-order valence-corrected chi connectivity index (χ2v) is 6.97. The van der Waals surface area contributed by atoms with Crippen molar-refractivity contribution in [1.82, 2.24) is 0 Å². The first-order valence-corrected chi connectivity index (χ1v) is 9.05. The van der Waals surface area contributed by atoms with Crippen molar-refractivity contribution in [2.75, 3.05) is 16.0 Å². The molecule has 0 heterocycles. The lowest BCUT2D eigenvalue weighted by molar-refractivity contribution is -0.120. The van der Waals surface area contributed by atoms with Gasteiger partial charge >= 0.3 is 6.03 Å². The van der Waals surface area contributed by atoms with Crippen molar-refractivity contribution in [3.8, 4) is 0 Å². The van der Waals surface area contributed by atoms with Gasteiger partial charge in [-0.3, -0.25) is 4.79 Å². The fraction of sp³-hybridized carbons (Fsp3) is 0.130. The smallest absolute Gasteiger partial charge is 0.323 e. The lowest BCUT2D eigenvalue weighted by atomic mass is 9.83. The van der Waals surface area contributed by atoms with E-state index >= 15 is 0 Å². The van der Waals surface area contributed by atoms with Crippen LogP contribution in [-0.4, -0.2) is 11.9 Å². The summed E-state index contributed by atoms with van der Waals surface area (Å²) in [5, 5.41) is 8.45. The van der Waals surface area contributed by atoms with Gasteiger partial charge in [0.2, 0.25) is 5.91 Å². The minimum Gasteiger partial charge on any atom is -0.325 e. The predicted octanol–water partition coefficient (Wildman–Crippen LogP) is 5.25. The SMILES string of the molecule is CC(C)(C(=O)Nc1ccc(NC(=O)Nc2ccccc2)cc1)c1ccccc1. The first-order chi connectivity index (χ1) is 13.4. The van der Waals surface area contributed by atoms with E-state index in [2.05, 4.69) is 16.0 Å². The Bertz CT molecular complexity index is 937. The van der Waals surface area contributed by atoms with Crippen LogP contribution in [0.4, 0.5) is 21.9 Å². The maximum absolute atomic E-state index is 12.7. The molecule has 0 aliphatic heterocycles. The van der Waals surface area contributed by atoms with E-state index in [4.69, 9.17) is 0 Å². The maximum atomic E-state index is 12.7. The fourth-order valence-electron chi connectivity index (χ4n) is 2.73. The molecule has 0 atom stereocenters. The number of carbonyl (C=O) groups is 2. The molecule has 0 aliphatic rings. The van der Waals surface area contributed by atoms with E-state index in [9.17, 15) is 9.59 Å². The van der Waals surface area contributed by atoms with Gasteiger partial charge in [-0.15, -0.1) is 0 Å². The number of hydrogen-bond acceptors (Lipinski definition) is 2. The second-order valence-electron chi connectivity index (χ2n) is 6.97. The summed E-state index contributed by atoms with van der Waals surface area (Å²) in [6, 6.07) is 25.6.